The molecule has 0 amide bonds. The Bertz CT molecular complexity index is 3840. The van der Waals surface area contributed by atoms with Gasteiger partial charge >= 0.3 is 0 Å². The van der Waals surface area contributed by atoms with Crippen LogP contribution in [-0.2, 0) is 0 Å². The minimum absolute atomic E-state index is 1.23. The normalized spacial score (nSPS) is 11.8. The number of hydrogen-bond donors (Lipinski definition) is 0. The Hall–Kier alpha value is -7.84. The molecule has 0 nitrogen and oxygen atoms in total. The molecular formula is C62H38S. The van der Waals surface area contributed by atoms with E-state index in [1.807, 2.05) is 11.3 Å². The third kappa shape index (κ3) is 5.60. The first kappa shape index (κ1) is 35.9. The van der Waals surface area contributed by atoms with Crippen molar-refractivity contribution in [3.63, 3.8) is 0 Å². The SMILES string of the molecule is c1ccc(-c2ccc(-c3c4ccccc4c(-c4ccc5sc6cc(-c7c8ccccc8c(-c8ccccc8)c8ccccc78)ccc6c5c4)c4ccccc34)c3ccccc23)cc1. The molecule has 0 spiro atoms. The lowest BCUT2D eigenvalue weighted by Gasteiger charge is -2.19. The molecule has 0 saturated heterocycles. The van der Waals surface area contributed by atoms with Gasteiger partial charge in [-0.15, -0.1) is 11.3 Å². The lowest BCUT2D eigenvalue weighted by atomic mass is 9.83. The van der Waals surface area contributed by atoms with Gasteiger partial charge < -0.3 is 0 Å². The van der Waals surface area contributed by atoms with Crippen molar-refractivity contribution in [1.82, 2.24) is 0 Å². The number of thiophene rings is 1. The highest BCUT2D eigenvalue weighted by Crippen LogP contribution is 2.49. The minimum atomic E-state index is 1.23. The molecular weight excluding hydrogens is 777 g/mol. The average Bonchev–Trinajstić information content (AvgIpc) is 3.72. The maximum Gasteiger partial charge on any atom is 0.0361 e. The predicted molar refractivity (Wildman–Crippen MR) is 274 cm³/mol. The largest absolute Gasteiger partial charge is 0.135 e. The van der Waals surface area contributed by atoms with Crippen molar-refractivity contribution in [2.75, 3.05) is 0 Å². The van der Waals surface area contributed by atoms with Crippen molar-refractivity contribution in [2.45, 2.75) is 0 Å². The van der Waals surface area contributed by atoms with Crippen LogP contribution in [0.4, 0.5) is 0 Å². The van der Waals surface area contributed by atoms with E-state index in [-0.39, 0.29) is 0 Å². The first-order valence-corrected chi connectivity index (χ1v) is 22.6. The molecule has 0 atom stereocenters. The molecule has 63 heavy (non-hydrogen) atoms. The van der Waals surface area contributed by atoms with Crippen LogP contribution in [0.1, 0.15) is 0 Å². The van der Waals surface area contributed by atoms with E-state index in [2.05, 4.69) is 231 Å². The van der Waals surface area contributed by atoms with Crippen LogP contribution in [0.2, 0.25) is 0 Å². The fourth-order valence-electron chi connectivity index (χ4n) is 10.6. The molecule has 1 heterocycles. The third-order valence-electron chi connectivity index (χ3n) is 13.3. The molecule has 0 aliphatic carbocycles. The lowest BCUT2D eigenvalue weighted by Crippen LogP contribution is -1.92. The van der Waals surface area contributed by atoms with Gasteiger partial charge in [-0.3, -0.25) is 0 Å². The summed E-state index contributed by atoms with van der Waals surface area (Å²) < 4.78 is 2.60. The fourth-order valence-corrected chi connectivity index (χ4v) is 11.7. The Labute approximate surface area is 369 Å². The molecule has 292 valence electrons. The molecule has 0 radical (unpaired) electrons. The van der Waals surface area contributed by atoms with Gasteiger partial charge in [0.1, 0.15) is 0 Å². The lowest BCUT2D eigenvalue weighted by molar-refractivity contribution is 1.64. The van der Waals surface area contributed by atoms with Gasteiger partial charge in [0.25, 0.3) is 0 Å². The quantitative estimate of drug-likeness (QED) is 0.152. The standard InChI is InChI=1S/C62H38S/c1-3-17-39(18-4-1)43-34-35-55(45-22-8-7-21-44(43)45)62-53-29-15-13-27-51(53)60(52-28-14-16-30-54(52)62)41-32-36-57-56(37-41)46-33-31-42(38-58(46)63-57)61-49-25-11-9-23-47(49)59(40-19-5-2-6-20-40)48-24-10-12-26-50(48)61/h1-38H. The maximum atomic E-state index is 2.45. The van der Waals surface area contributed by atoms with Crippen LogP contribution in [-0.4, -0.2) is 0 Å². The number of benzene rings is 12. The Balaban J connectivity index is 0.998. The van der Waals surface area contributed by atoms with E-state index in [1.54, 1.807) is 0 Å². The van der Waals surface area contributed by atoms with Gasteiger partial charge in [-0.1, -0.05) is 212 Å². The van der Waals surface area contributed by atoms with Crippen molar-refractivity contribution >= 4 is 85.4 Å². The third-order valence-corrected chi connectivity index (χ3v) is 14.4. The van der Waals surface area contributed by atoms with Gasteiger partial charge in [0.2, 0.25) is 0 Å². The second-order valence-electron chi connectivity index (χ2n) is 16.6. The topological polar surface area (TPSA) is 0 Å². The summed E-state index contributed by atoms with van der Waals surface area (Å²) >= 11 is 1.89. The molecule has 0 N–H and O–H groups in total. The van der Waals surface area contributed by atoms with Crippen LogP contribution in [0, 0.1) is 0 Å². The highest BCUT2D eigenvalue weighted by atomic mass is 32.1. The van der Waals surface area contributed by atoms with Crippen LogP contribution in [0.5, 0.6) is 0 Å². The number of fused-ring (bicyclic) bond motifs is 8. The van der Waals surface area contributed by atoms with Crippen LogP contribution < -0.4 is 0 Å². The zero-order chi connectivity index (χ0) is 41.4. The Morgan fingerprint density at radius 3 is 1.10 bits per heavy atom. The minimum Gasteiger partial charge on any atom is -0.135 e. The van der Waals surface area contributed by atoms with Gasteiger partial charge in [-0.2, -0.15) is 0 Å². The van der Waals surface area contributed by atoms with Crippen molar-refractivity contribution in [3.05, 3.63) is 231 Å². The molecule has 13 aromatic rings. The van der Waals surface area contributed by atoms with Crippen molar-refractivity contribution in [1.29, 1.82) is 0 Å². The van der Waals surface area contributed by atoms with Crippen molar-refractivity contribution in [2.24, 2.45) is 0 Å². The van der Waals surface area contributed by atoms with Crippen LogP contribution in [0.25, 0.3) is 130 Å². The van der Waals surface area contributed by atoms with Crippen LogP contribution >= 0.6 is 11.3 Å². The maximum absolute atomic E-state index is 2.45. The van der Waals surface area contributed by atoms with Gasteiger partial charge in [0.15, 0.2) is 0 Å². The summed E-state index contributed by atoms with van der Waals surface area (Å²) in [5.74, 6) is 0. The molecule has 1 aromatic heterocycles. The highest BCUT2D eigenvalue weighted by Gasteiger charge is 2.21. The van der Waals surface area contributed by atoms with E-state index in [0.717, 1.165) is 0 Å². The zero-order valence-electron chi connectivity index (χ0n) is 34.3. The van der Waals surface area contributed by atoms with E-state index in [9.17, 15) is 0 Å². The van der Waals surface area contributed by atoms with E-state index in [4.69, 9.17) is 0 Å². The summed E-state index contributed by atoms with van der Waals surface area (Å²) in [6, 6.07) is 85.4. The van der Waals surface area contributed by atoms with E-state index >= 15 is 0 Å². The summed E-state index contributed by atoms with van der Waals surface area (Å²) in [7, 11) is 0. The zero-order valence-corrected chi connectivity index (χ0v) is 35.2. The summed E-state index contributed by atoms with van der Waals surface area (Å²) in [4.78, 5) is 0. The van der Waals surface area contributed by atoms with Gasteiger partial charge in [0.05, 0.1) is 0 Å². The fraction of sp³-hybridized carbons (Fsp3) is 0. The Morgan fingerprint density at radius 1 is 0.190 bits per heavy atom. The Morgan fingerprint density at radius 2 is 0.571 bits per heavy atom. The molecule has 0 aliphatic heterocycles. The first-order valence-electron chi connectivity index (χ1n) is 21.8. The molecule has 0 unspecified atom stereocenters. The molecule has 0 fully saturated rings. The van der Waals surface area contributed by atoms with E-state index < -0.39 is 0 Å². The van der Waals surface area contributed by atoms with Crippen molar-refractivity contribution < 1.29 is 0 Å². The average molecular weight is 815 g/mol. The Kier molecular flexibility index (Phi) is 8.19. The van der Waals surface area contributed by atoms with Gasteiger partial charge in [-0.25, -0.2) is 0 Å². The summed E-state index contributed by atoms with van der Waals surface area (Å²) in [5, 5.41) is 15.3. The van der Waals surface area contributed by atoms with Crippen molar-refractivity contribution in [3.8, 4) is 55.6 Å². The van der Waals surface area contributed by atoms with Crippen LogP contribution in [0.3, 0.4) is 0 Å². The second kappa shape index (κ2) is 14.4. The van der Waals surface area contributed by atoms with E-state index in [1.165, 1.54) is 130 Å². The summed E-state index contributed by atoms with van der Waals surface area (Å²) in [6.45, 7) is 0. The second-order valence-corrected chi connectivity index (χ2v) is 17.7. The highest BCUT2D eigenvalue weighted by molar-refractivity contribution is 7.25. The summed E-state index contributed by atoms with van der Waals surface area (Å²) in [6.07, 6.45) is 0. The molecule has 0 aliphatic rings. The predicted octanol–water partition coefficient (Wildman–Crippen LogP) is 18.2. The molecule has 1 heteroatoms. The smallest absolute Gasteiger partial charge is 0.0361 e. The number of hydrogen-bond acceptors (Lipinski definition) is 1. The summed E-state index contributed by atoms with van der Waals surface area (Å²) in [5.41, 5.74) is 12.6. The monoisotopic (exact) mass is 814 g/mol. The molecule has 13 rings (SSSR count). The van der Waals surface area contributed by atoms with Crippen LogP contribution in [0.15, 0.2) is 231 Å². The van der Waals surface area contributed by atoms with E-state index in [0.29, 0.717) is 0 Å². The first-order chi connectivity index (χ1) is 31.3. The van der Waals surface area contributed by atoms with Gasteiger partial charge in [0, 0.05) is 20.2 Å². The molecule has 12 aromatic carbocycles. The molecule has 0 saturated carbocycles. The number of rotatable bonds is 5. The molecule has 0 bridgehead atoms. The van der Waals surface area contributed by atoms with Gasteiger partial charge in [-0.05, 0) is 128 Å².